The highest BCUT2D eigenvalue weighted by molar-refractivity contribution is 7.51. The van der Waals surface area contributed by atoms with Gasteiger partial charge in [0.25, 0.3) is 0 Å². The minimum absolute atomic E-state index is 0.0336. The van der Waals surface area contributed by atoms with Crippen molar-refractivity contribution in [3.8, 4) is 0 Å². The number of nitrogens with two attached hydrogens (primary N) is 1. The number of imidazole rings is 1. The summed E-state index contributed by atoms with van der Waals surface area (Å²) in [6, 6.07) is 0. The van der Waals surface area contributed by atoms with Crippen molar-refractivity contribution in [2.75, 3.05) is 18.7 Å². The smallest absolute Gasteiger partial charge is 0.350 e. The number of aromatic nitrogens is 4. The van der Waals surface area contributed by atoms with Crippen molar-refractivity contribution in [3.05, 3.63) is 12.7 Å². The molecular formula is C12H20N5O5P. The molecule has 0 radical (unpaired) electrons. The fourth-order valence-electron chi connectivity index (χ4n) is 1.91. The third-order valence-electron chi connectivity index (χ3n) is 2.92. The van der Waals surface area contributed by atoms with E-state index in [0.29, 0.717) is 11.2 Å². The van der Waals surface area contributed by atoms with E-state index in [1.807, 2.05) is 13.8 Å². The molecule has 0 fully saturated rings. The number of nitrogens with zero attached hydrogens (tertiary/aromatic N) is 4. The number of rotatable bonds is 8. The first-order chi connectivity index (χ1) is 10.8. The fourth-order valence-corrected chi connectivity index (χ4v) is 2.31. The molecule has 10 nitrogen and oxygen atoms in total. The predicted octanol–water partition coefficient (Wildman–Crippen LogP) is 0.354. The van der Waals surface area contributed by atoms with E-state index in [0.717, 1.165) is 0 Å². The highest BCUT2D eigenvalue weighted by Gasteiger charge is 2.20. The van der Waals surface area contributed by atoms with Gasteiger partial charge in [0, 0.05) is 0 Å². The molecule has 1 unspecified atom stereocenters. The number of fused-ring (bicyclic) bond motifs is 1. The Labute approximate surface area is 132 Å². The van der Waals surface area contributed by atoms with Gasteiger partial charge in [-0.2, -0.15) is 0 Å². The lowest BCUT2D eigenvalue weighted by Gasteiger charge is -2.20. The number of hydrogen-bond donors (Lipinski definition) is 3. The number of nitrogen functional groups attached to an aromatic ring is 1. The molecular weight excluding hydrogens is 325 g/mol. The quantitative estimate of drug-likeness (QED) is 0.577. The Balaban J connectivity index is 2.14. The number of ether oxygens (including phenoxy) is 2. The molecule has 0 aromatic carbocycles. The average Bonchev–Trinajstić information content (AvgIpc) is 2.85. The molecule has 0 aliphatic rings. The fraction of sp³-hybridized carbons (Fsp3) is 0.583. The molecule has 4 N–H and O–H groups in total. The standard InChI is InChI=1S/C12H20N5O5P/c1-8(2)21-4-9(22-7-23(18,19)20)3-17-6-16-10-11(13)14-5-15-12(10)17/h5-6,8-9H,3-4,7H2,1-2H3,(H2,13,14,15)(H2,18,19,20). The molecule has 2 heterocycles. The van der Waals surface area contributed by atoms with Crippen LogP contribution in [0.3, 0.4) is 0 Å². The second-order valence-corrected chi connectivity index (χ2v) is 6.88. The van der Waals surface area contributed by atoms with E-state index in [2.05, 4.69) is 15.0 Å². The number of anilines is 1. The molecule has 0 amide bonds. The van der Waals surface area contributed by atoms with Gasteiger partial charge in [-0.3, -0.25) is 4.57 Å². The van der Waals surface area contributed by atoms with E-state index < -0.39 is 20.0 Å². The topological polar surface area (TPSA) is 146 Å². The Morgan fingerprint density at radius 3 is 2.70 bits per heavy atom. The largest absolute Gasteiger partial charge is 0.382 e. The molecule has 2 aromatic heterocycles. The van der Waals surface area contributed by atoms with Crippen molar-refractivity contribution >= 4 is 24.6 Å². The van der Waals surface area contributed by atoms with Crippen LogP contribution in [-0.4, -0.2) is 54.5 Å². The summed E-state index contributed by atoms with van der Waals surface area (Å²) in [4.78, 5) is 30.1. The minimum Gasteiger partial charge on any atom is -0.382 e. The maximum Gasteiger partial charge on any atom is 0.350 e. The van der Waals surface area contributed by atoms with Crippen LogP contribution in [0.1, 0.15) is 13.8 Å². The van der Waals surface area contributed by atoms with E-state index in [1.54, 1.807) is 4.57 Å². The lowest BCUT2D eigenvalue weighted by atomic mass is 10.3. The lowest BCUT2D eigenvalue weighted by Crippen LogP contribution is -2.27. The third kappa shape index (κ3) is 5.22. The Kier molecular flexibility index (Phi) is 5.66. The highest BCUT2D eigenvalue weighted by Crippen LogP contribution is 2.34. The molecule has 0 saturated heterocycles. The van der Waals surface area contributed by atoms with Crippen LogP contribution in [0.15, 0.2) is 12.7 Å². The van der Waals surface area contributed by atoms with Gasteiger partial charge in [0.2, 0.25) is 0 Å². The molecule has 128 valence electrons. The summed E-state index contributed by atoms with van der Waals surface area (Å²) in [5.41, 5.74) is 6.71. The zero-order chi connectivity index (χ0) is 17.0. The van der Waals surface area contributed by atoms with Gasteiger partial charge in [0.1, 0.15) is 18.2 Å². The summed E-state index contributed by atoms with van der Waals surface area (Å²) >= 11 is 0. The van der Waals surface area contributed by atoms with Crippen molar-refractivity contribution in [2.45, 2.75) is 32.6 Å². The van der Waals surface area contributed by atoms with Crippen LogP contribution in [0.4, 0.5) is 5.82 Å². The van der Waals surface area contributed by atoms with Gasteiger partial charge in [-0.05, 0) is 13.8 Å². The first-order valence-corrected chi connectivity index (χ1v) is 8.75. The maximum absolute atomic E-state index is 11.0. The summed E-state index contributed by atoms with van der Waals surface area (Å²) in [7, 11) is -4.26. The molecule has 11 heteroatoms. The molecule has 0 spiro atoms. The Morgan fingerprint density at radius 1 is 1.30 bits per heavy atom. The van der Waals surface area contributed by atoms with Crippen molar-refractivity contribution in [1.29, 1.82) is 0 Å². The van der Waals surface area contributed by atoms with Gasteiger partial charge in [0.05, 0.1) is 31.7 Å². The second kappa shape index (κ2) is 7.33. The van der Waals surface area contributed by atoms with Crippen LogP contribution in [0.25, 0.3) is 11.2 Å². The first kappa shape index (κ1) is 17.8. The molecule has 0 saturated carbocycles. The van der Waals surface area contributed by atoms with Crippen LogP contribution < -0.4 is 5.73 Å². The summed E-state index contributed by atoms with van der Waals surface area (Å²) in [6.07, 6.45) is 1.57. The SMILES string of the molecule is CC(C)OCC(Cn1cnc2c(N)ncnc21)OCP(=O)(O)O. The van der Waals surface area contributed by atoms with Crippen LogP contribution in [-0.2, 0) is 20.6 Å². The molecule has 23 heavy (non-hydrogen) atoms. The summed E-state index contributed by atoms with van der Waals surface area (Å²) < 4.78 is 23.5. The summed E-state index contributed by atoms with van der Waals surface area (Å²) in [6.45, 7) is 4.17. The van der Waals surface area contributed by atoms with E-state index >= 15 is 0 Å². The van der Waals surface area contributed by atoms with Gasteiger partial charge >= 0.3 is 7.60 Å². The molecule has 1 atom stereocenters. The maximum atomic E-state index is 11.0. The van der Waals surface area contributed by atoms with Crippen LogP contribution in [0.5, 0.6) is 0 Å². The van der Waals surface area contributed by atoms with Crippen molar-refractivity contribution < 1.29 is 23.8 Å². The van der Waals surface area contributed by atoms with Gasteiger partial charge in [-0.15, -0.1) is 0 Å². The zero-order valence-electron chi connectivity index (χ0n) is 12.9. The second-order valence-electron chi connectivity index (χ2n) is 5.29. The minimum atomic E-state index is -4.26. The van der Waals surface area contributed by atoms with E-state index in [9.17, 15) is 4.57 Å². The lowest BCUT2D eigenvalue weighted by molar-refractivity contribution is -0.0311. The average molecular weight is 345 g/mol. The first-order valence-electron chi connectivity index (χ1n) is 6.95. The summed E-state index contributed by atoms with van der Waals surface area (Å²) in [5.74, 6) is 0.264. The van der Waals surface area contributed by atoms with E-state index in [-0.39, 0.29) is 25.1 Å². The van der Waals surface area contributed by atoms with Crippen LogP contribution in [0.2, 0.25) is 0 Å². The monoisotopic (exact) mass is 345 g/mol. The van der Waals surface area contributed by atoms with Crippen molar-refractivity contribution in [2.24, 2.45) is 0 Å². The van der Waals surface area contributed by atoms with Crippen LogP contribution >= 0.6 is 7.60 Å². The summed E-state index contributed by atoms with van der Waals surface area (Å²) in [5, 5.41) is 0. The molecule has 2 aromatic rings. The molecule has 2 rings (SSSR count). The van der Waals surface area contributed by atoms with Crippen molar-refractivity contribution in [3.63, 3.8) is 0 Å². The number of hydrogen-bond acceptors (Lipinski definition) is 7. The molecule has 0 aliphatic heterocycles. The van der Waals surface area contributed by atoms with Crippen LogP contribution in [0, 0.1) is 0 Å². The predicted molar refractivity (Wildman–Crippen MR) is 82.6 cm³/mol. The third-order valence-corrected chi connectivity index (χ3v) is 3.41. The van der Waals surface area contributed by atoms with E-state index in [1.165, 1.54) is 12.7 Å². The van der Waals surface area contributed by atoms with Crippen molar-refractivity contribution in [1.82, 2.24) is 19.5 Å². The Hall–Kier alpha value is -1.58. The van der Waals surface area contributed by atoms with Gasteiger partial charge < -0.3 is 29.6 Å². The zero-order valence-corrected chi connectivity index (χ0v) is 13.8. The van der Waals surface area contributed by atoms with Gasteiger partial charge in [-0.1, -0.05) is 0 Å². The Morgan fingerprint density at radius 2 is 2.04 bits per heavy atom. The highest BCUT2D eigenvalue weighted by atomic mass is 31.2. The Bertz CT molecular complexity index is 700. The molecule has 0 aliphatic carbocycles. The molecule has 0 bridgehead atoms. The normalized spacial score (nSPS) is 13.8. The van der Waals surface area contributed by atoms with E-state index in [4.69, 9.17) is 25.0 Å². The van der Waals surface area contributed by atoms with Gasteiger partial charge in [-0.25, -0.2) is 15.0 Å². The van der Waals surface area contributed by atoms with Gasteiger partial charge in [0.15, 0.2) is 11.5 Å².